The molecule has 0 fully saturated rings. The lowest BCUT2D eigenvalue weighted by Crippen LogP contribution is -2.18. The molecule has 3 rings (SSSR count). The van der Waals surface area contributed by atoms with Gasteiger partial charge in [-0.15, -0.1) is 22.7 Å². The lowest BCUT2D eigenvalue weighted by atomic mass is 10.3. The topological polar surface area (TPSA) is 42.2 Å². The molecular weight excluding hydrogens is 288 g/mol. The van der Waals surface area contributed by atoms with Crippen LogP contribution in [0.1, 0.15) is 27.8 Å². The predicted octanol–water partition coefficient (Wildman–Crippen LogP) is 3.11. The summed E-state index contributed by atoms with van der Waals surface area (Å²) in [4.78, 5) is 10.2. The molecule has 0 atom stereocenters. The third-order valence-electron chi connectivity index (χ3n) is 3.30. The fraction of sp³-hybridized carbons (Fsp3) is 0.429. The van der Waals surface area contributed by atoms with Crippen molar-refractivity contribution in [1.29, 1.82) is 0 Å². The van der Waals surface area contributed by atoms with Crippen molar-refractivity contribution in [3.05, 3.63) is 38.5 Å². The number of aromatic nitrogens is 3. The summed E-state index contributed by atoms with van der Waals surface area (Å²) in [6.45, 7) is 8.06. The van der Waals surface area contributed by atoms with Gasteiger partial charge in [-0.2, -0.15) is 0 Å². The van der Waals surface area contributed by atoms with Crippen molar-refractivity contribution in [2.45, 2.75) is 33.7 Å². The predicted molar refractivity (Wildman–Crippen MR) is 84.8 cm³/mol. The molecule has 3 aromatic heterocycles. The monoisotopic (exact) mass is 306 g/mol. The van der Waals surface area contributed by atoms with Gasteiger partial charge in [-0.1, -0.05) is 0 Å². The molecule has 106 valence electrons. The molecule has 0 bridgehead atoms. The first-order valence-electron chi connectivity index (χ1n) is 6.69. The number of thiazole rings is 2. The van der Waals surface area contributed by atoms with Gasteiger partial charge in [0.25, 0.3) is 0 Å². The van der Waals surface area contributed by atoms with Crippen LogP contribution in [0.4, 0.5) is 0 Å². The van der Waals surface area contributed by atoms with Crippen LogP contribution in [0.3, 0.4) is 0 Å². The number of imidazole rings is 1. The number of rotatable bonds is 5. The second-order valence-electron chi connectivity index (χ2n) is 4.95. The third kappa shape index (κ3) is 2.63. The molecule has 3 aromatic rings. The number of nitrogens with zero attached hydrogens (tertiary/aromatic N) is 3. The Bertz CT molecular complexity index is 723. The zero-order chi connectivity index (χ0) is 14.1. The highest BCUT2D eigenvalue weighted by atomic mass is 32.1. The summed E-state index contributed by atoms with van der Waals surface area (Å²) < 4.78 is 2.25. The van der Waals surface area contributed by atoms with E-state index in [0.29, 0.717) is 0 Å². The van der Waals surface area contributed by atoms with Crippen LogP contribution >= 0.6 is 22.7 Å². The minimum Gasteiger partial charge on any atom is -0.311 e. The van der Waals surface area contributed by atoms with Crippen LogP contribution < -0.4 is 5.32 Å². The molecule has 0 aliphatic heterocycles. The van der Waals surface area contributed by atoms with Gasteiger partial charge in [0.05, 0.1) is 16.4 Å². The van der Waals surface area contributed by atoms with Crippen LogP contribution in [0.15, 0.2) is 10.8 Å². The number of fused-ring (bicyclic) bond motifs is 1. The van der Waals surface area contributed by atoms with E-state index < -0.39 is 0 Å². The van der Waals surface area contributed by atoms with Gasteiger partial charge >= 0.3 is 0 Å². The highest BCUT2D eigenvalue weighted by Crippen LogP contribution is 2.20. The second kappa shape index (κ2) is 5.63. The molecule has 0 spiro atoms. The maximum absolute atomic E-state index is 4.61. The van der Waals surface area contributed by atoms with E-state index in [-0.39, 0.29) is 0 Å². The average molecular weight is 306 g/mol. The molecule has 0 aliphatic rings. The summed E-state index contributed by atoms with van der Waals surface area (Å²) in [6, 6.07) is 0. The van der Waals surface area contributed by atoms with E-state index in [9.17, 15) is 0 Å². The first-order valence-corrected chi connectivity index (χ1v) is 8.45. The van der Waals surface area contributed by atoms with E-state index in [1.54, 1.807) is 22.7 Å². The smallest absolute Gasteiger partial charge is 0.194 e. The first-order chi connectivity index (χ1) is 9.65. The number of hydrogen-bond acceptors (Lipinski definition) is 5. The Morgan fingerprint density at radius 3 is 2.75 bits per heavy atom. The third-order valence-corrected chi connectivity index (χ3v) is 5.27. The molecule has 0 radical (unpaired) electrons. The maximum atomic E-state index is 4.61. The normalized spacial score (nSPS) is 11.6. The maximum Gasteiger partial charge on any atom is 0.194 e. The Balaban J connectivity index is 1.62. The van der Waals surface area contributed by atoms with Crippen molar-refractivity contribution in [3.63, 3.8) is 0 Å². The van der Waals surface area contributed by atoms with Gasteiger partial charge in [0, 0.05) is 41.7 Å². The van der Waals surface area contributed by atoms with Gasteiger partial charge in [-0.05, 0) is 20.8 Å². The van der Waals surface area contributed by atoms with E-state index >= 15 is 0 Å². The Morgan fingerprint density at radius 2 is 2.00 bits per heavy atom. The minimum absolute atomic E-state index is 0.856. The second-order valence-corrected chi connectivity index (χ2v) is 6.73. The lowest BCUT2D eigenvalue weighted by molar-refractivity contribution is 0.665. The number of hydrogen-bond donors (Lipinski definition) is 1. The van der Waals surface area contributed by atoms with Crippen molar-refractivity contribution >= 4 is 27.6 Å². The summed E-state index contributed by atoms with van der Waals surface area (Å²) in [7, 11) is 0. The SMILES string of the molecule is Cc1csc(CCNCc2c(C)nc3scc(C)n23)n1. The number of nitrogens with one attached hydrogen (secondary N) is 1. The van der Waals surface area contributed by atoms with Crippen molar-refractivity contribution in [2.24, 2.45) is 0 Å². The zero-order valence-electron chi connectivity index (χ0n) is 11.9. The molecule has 1 N–H and O–H groups in total. The van der Waals surface area contributed by atoms with Gasteiger partial charge in [0.2, 0.25) is 0 Å². The van der Waals surface area contributed by atoms with Crippen LogP contribution in [-0.4, -0.2) is 20.9 Å². The average Bonchev–Trinajstić information content (AvgIpc) is 3.05. The zero-order valence-corrected chi connectivity index (χ0v) is 13.6. The highest BCUT2D eigenvalue weighted by molar-refractivity contribution is 7.15. The van der Waals surface area contributed by atoms with Gasteiger partial charge in [0.1, 0.15) is 0 Å². The van der Waals surface area contributed by atoms with Crippen LogP contribution in [-0.2, 0) is 13.0 Å². The lowest BCUT2D eigenvalue weighted by Gasteiger charge is -2.05. The molecule has 0 aromatic carbocycles. The van der Waals surface area contributed by atoms with E-state index in [1.165, 1.54) is 16.4 Å². The van der Waals surface area contributed by atoms with Crippen LogP contribution in [0.5, 0.6) is 0 Å². The Labute approximate surface area is 126 Å². The molecule has 0 amide bonds. The van der Waals surface area contributed by atoms with E-state index in [0.717, 1.165) is 35.9 Å². The molecule has 0 aliphatic carbocycles. The molecular formula is C14H18N4S2. The van der Waals surface area contributed by atoms with E-state index in [2.05, 4.69) is 44.3 Å². The molecule has 0 saturated carbocycles. The Kier molecular flexibility index (Phi) is 3.87. The fourth-order valence-electron chi connectivity index (χ4n) is 2.30. The van der Waals surface area contributed by atoms with Crippen LogP contribution in [0.2, 0.25) is 0 Å². The molecule has 4 nitrogen and oxygen atoms in total. The van der Waals surface area contributed by atoms with E-state index in [4.69, 9.17) is 0 Å². The summed E-state index contributed by atoms with van der Waals surface area (Å²) in [5.41, 5.74) is 4.77. The summed E-state index contributed by atoms with van der Waals surface area (Å²) in [5, 5.41) is 8.97. The quantitative estimate of drug-likeness (QED) is 0.737. The van der Waals surface area contributed by atoms with Crippen molar-refractivity contribution in [3.8, 4) is 0 Å². The van der Waals surface area contributed by atoms with Crippen molar-refractivity contribution in [1.82, 2.24) is 19.7 Å². The van der Waals surface area contributed by atoms with Crippen LogP contribution in [0.25, 0.3) is 4.96 Å². The number of aryl methyl sites for hydroxylation is 3. The largest absolute Gasteiger partial charge is 0.311 e. The molecule has 0 saturated heterocycles. The summed E-state index contributed by atoms with van der Waals surface area (Å²) in [6.07, 6.45) is 0.988. The van der Waals surface area contributed by atoms with E-state index in [1.807, 2.05) is 6.92 Å². The van der Waals surface area contributed by atoms with Crippen molar-refractivity contribution in [2.75, 3.05) is 6.54 Å². The Hall–Kier alpha value is -1.24. The molecule has 20 heavy (non-hydrogen) atoms. The summed E-state index contributed by atoms with van der Waals surface area (Å²) in [5.74, 6) is 0. The molecule has 0 unspecified atom stereocenters. The van der Waals surface area contributed by atoms with Gasteiger partial charge in [-0.3, -0.25) is 4.40 Å². The molecule has 3 heterocycles. The standard InChI is InChI=1S/C14H18N4S2/c1-9-7-19-13(16-9)4-5-15-6-12-11(3)17-14-18(12)10(2)8-20-14/h7-8,15H,4-6H2,1-3H3. The highest BCUT2D eigenvalue weighted by Gasteiger charge is 2.11. The van der Waals surface area contributed by atoms with Crippen molar-refractivity contribution < 1.29 is 0 Å². The fourth-order valence-corrected chi connectivity index (χ4v) is 4.00. The minimum atomic E-state index is 0.856. The Morgan fingerprint density at radius 1 is 1.15 bits per heavy atom. The van der Waals surface area contributed by atoms with Gasteiger partial charge < -0.3 is 5.32 Å². The van der Waals surface area contributed by atoms with Gasteiger partial charge in [-0.25, -0.2) is 9.97 Å². The van der Waals surface area contributed by atoms with Gasteiger partial charge in [0.15, 0.2) is 4.96 Å². The summed E-state index contributed by atoms with van der Waals surface area (Å²) >= 11 is 3.44. The first kappa shape index (κ1) is 13.7. The molecule has 6 heteroatoms. The van der Waals surface area contributed by atoms with Crippen LogP contribution in [0, 0.1) is 20.8 Å².